The Morgan fingerprint density at radius 3 is 2.75 bits per heavy atom. The van der Waals surface area contributed by atoms with Crippen molar-refractivity contribution in [2.24, 2.45) is 0 Å². The molecule has 1 aromatic heterocycles. The van der Waals surface area contributed by atoms with Crippen LogP contribution in [0.1, 0.15) is 15.9 Å². The van der Waals surface area contributed by atoms with Crippen LogP contribution in [0.4, 0.5) is 15.9 Å². The van der Waals surface area contributed by atoms with Gasteiger partial charge in [0.25, 0.3) is 0 Å². The average molecular weight is 360 g/mol. The highest BCUT2D eigenvalue weighted by Crippen LogP contribution is 2.27. The number of nitrogens with zero attached hydrogens (tertiary/aromatic N) is 1. The van der Waals surface area contributed by atoms with Crippen molar-refractivity contribution in [1.82, 2.24) is 4.98 Å². The molecule has 2 aromatic rings. The normalized spacial score (nSPS) is 10.4. The predicted molar refractivity (Wildman–Crippen MR) is 78.3 cm³/mol. The van der Waals surface area contributed by atoms with Crippen LogP contribution in [0.3, 0.4) is 0 Å². The lowest BCUT2D eigenvalue weighted by Gasteiger charge is -2.10. The second kappa shape index (κ2) is 5.76. The minimum atomic E-state index is -1.11. The molecular weight excluding hydrogens is 351 g/mol. The molecule has 0 aliphatic heterocycles. The number of aromatic carboxylic acids is 1. The summed E-state index contributed by atoms with van der Waals surface area (Å²) < 4.78 is 13.9. The molecule has 0 atom stereocenters. The lowest BCUT2D eigenvalue weighted by atomic mass is 10.2. The van der Waals surface area contributed by atoms with Gasteiger partial charge in [0.05, 0.1) is 10.0 Å². The molecule has 0 amide bonds. The van der Waals surface area contributed by atoms with Crippen LogP contribution in [0.2, 0.25) is 5.15 Å². The number of carboxylic acids is 1. The molecular formula is C13H9BrClFN2O2. The maximum Gasteiger partial charge on any atom is 0.335 e. The highest BCUT2D eigenvalue weighted by molar-refractivity contribution is 9.10. The monoisotopic (exact) mass is 358 g/mol. The molecule has 1 aromatic carbocycles. The molecule has 0 aliphatic rings. The number of benzene rings is 1. The van der Waals surface area contributed by atoms with E-state index < -0.39 is 11.8 Å². The van der Waals surface area contributed by atoms with Gasteiger partial charge in [-0.15, -0.1) is 0 Å². The van der Waals surface area contributed by atoms with Crippen LogP contribution in [-0.4, -0.2) is 16.1 Å². The summed E-state index contributed by atoms with van der Waals surface area (Å²) in [5, 5.41) is 11.9. The van der Waals surface area contributed by atoms with Crippen molar-refractivity contribution in [3.63, 3.8) is 0 Å². The minimum absolute atomic E-state index is 0.00253. The quantitative estimate of drug-likeness (QED) is 0.798. The van der Waals surface area contributed by atoms with E-state index in [1.165, 1.54) is 18.2 Å². The highest BCUT2D eigenvalue weighted by atomic mass is 79.9. The molecule has 20 heavy (non-hydrogen) atoms. The van der Waals surface area contributed by atoms with E-state index in [4.69, 9.17) is 16.7 Å². The van der Waals surface area contributed by atoms with E-state index in [1.807, 2.05) is 0 Å². The molecule has 0 aliphatic carbocycles. The number of carboxylic acid groups (broad SMARTS) is 1. The summed E-state index contributed by atoms with van der Waals surface area (Å²) in [6.45, 7) is 1.79. The smallest absolute Gasteiger partial charge is 0.335 e. The molecule has 104 valence electrons. The van der Waals surface area contributed by atoms with Crippen LogP contribution in [0.25, 0.3) is 0 Å². The number of pyridine rings is 1. The Morgan fingerprint density at radius 1 is 1.40 bits per heavy atom. The summed E-state index contributed by atoms with van der Waals surface area (Å²) in [5.74, 6) is -1.31. The van der Waals surface area contributed by atoms with Crippen LogP contribution >= 0.6 is 27.5 Å². The number of hydrogen-bond donors (Lipinski definition) is 2. The first-order valence-corrected chi connectivity index (χ1v) is 6.67. The van der Waals surface area contributed by atoms with E-state index in [-0.39, 0.29) is 16.5 Å². The third-order valence-corrected chi connectivity index (χ3v) is 3.37. The first-order valence-electron chi connectivity index (χ1n) is 5.50. The van der Waals surface area contributed by atoms with E-state index in [2.05, 4.69) is 26.2 Å². The van der Waals surface area contributed by atoms with Crippen LogP contribution < -0.4 is 5.32 Å². The molecule has 0 bridgehead atoms. The van der Waals surface area contributed by atoms with Crippen LogP contribution in [0, 0.1) is 12.7 Å². The summed E-state index contributed by atoms with van der Waals surface area (Å²) in [4.78, 5) is 14.9. The van der Waals surface area contributed by atoms with Crippen LogP contribution in [0.5, 0.6) is 0 Å². The van der Waals surface area contributed by atoms with Gasteiger partial charge in [0.2, 0.25) is 0 Å². The Hall–Kier alpha value is -1.66. The topological polar surface area (TPSA) is 62.2 Å². The fourth-order valence-electron chi connectivity index (χ4n) is 1.60. The van der Waals surface area contributed by atoms with Crippen LogP contribution in [-0.2, 0) is 0 Å². The molecule has 0 saturated heterocycles. The Bertz CT molecular complexity index is 694. The molecule has 2 rings (SSSR count). The summed E-state index contributed by atoms with van der Waals surface area (Å²) in [6, 6.07) is 5.47. The van der Waals surface area contributed by atoms with Gasteiger partial charge < -0.3 is 10.4 Å². The molecule has 7 heteroatoms. The number of halogens is 3. The van der Waals surface area contributed by atoms with E-state index in [9.17, 15) is 9.18 Å². The largest absolute Gasteiger partial charge is 0.478 e. The van der Waals surface area contributed by atoms with E-state index in [0.29, 0.717) is 10.2 Å². The number of anilines is 2. The standard InChI is InChI=1S/C13H9BrClFN2O2/c1-6-2-8(14)9(16)5-10(6)17-12-4-7(13(19)20)3-11(15)18-12/h2-5H,1H3,(H,17,18)(H,19,20). The lowest BCUT2D eigenvalue weighted by molar-refractivity contribution is 0.0697. The number of aromatic nitrogens is 1. The molecule has 0 fully saturated rings. The number of hydrogen-bond acceptors (Lipinski definition) is 3. The first-order chi connectivity index (χ1) is 9.36. The summed E-state index contributed by atoms with van der Waals surface area (Å²) >= 11 is 8.85. The molecule has 1 heterocycles. The number of nitrogens with one attached hydrogen (secondary N) is 1. The van der Waals surface area contributed by atoms with Gasteiger partial charge >= 0.3 is 5.97 Å². The Morgan fingerprint density at radius 2 is 2.10 bits per heavy atom. The maximum absolute atomic E-state index is 13.5. The third-order valence-electron chi connectivity index (χ3n) is 2.57. The van der Waals surface area contributed by atoms with Gasteiger partial charge in [0.1, 0.15) is 16.8 Å². The number of aryl methyl sites for hydroxylation is 1. The van der Waals surface area contributed by atoms with Gasteiger partial charge in [0, 0.05) is 5.69 Å². The average Bonchev–Trinajstić information content (AvgIpc) is 2.35. The van der Waals surface area contributed by atoms with Crippen molar-refractivity contribution in [2.75, 3.05) is 5.32 Å². The van der Waals surface area contributed by atoms with Crippen molar-refractivity contribution in [2.45, 2.75) is 6.92 Å². The molecule has 2 N–H and O–H groups in total. The number of rotatable bonds is 3. The van der Waals surface area contributed by atoms with Crippen molar-refractivity contribution >= 4 is 45.0 Å². The predicted octanol–water partition coefficient (Wildman–Crippen LogP) is 4.39. The second-order valence-electron chi connectivity index (χ2n) is 4.08. The fraction of sp³-hybridized carbons (Fsp3) is 0.0769. The zero-order valence-corrected chi connectivity index (χ0v) is 12.6. The number of carbonyl (C=O) groups is 1. The zero-order chi connectivity index (χ0) is 14.9. The van der Waals surface area contributed by atoms with Gasteiger partial charge in [0.15, 0.2) is 0 Å². The fourth-order valence-corrected chi connectivity index (χ4v) is 2.27. The van der Waals surface area contributed by atoms with Crippen molar-refractivity contribution < 1.29 is 14.3 Å². The van der Waals surface area contributed by atoms with E-state index in [0.717, 1.165) is 5.56 Å². The summed E-state index contributed by atoms with van der Waals surface area (Å²) in [7, 11) is 0. The van der Waals surface area contributed by atoms with Gasteiger partial charge in [-0.05, 0) is 52.7 Å². The molecule has 0 spiro atoms. The SMILES string of the molecule is Cc1cc(Br)c(F)cc1Nc1cc(C(=O)O)cc(Cl)n1. The van der Waals surface area contributed by atoms with E-state index in [1.54, 1.807) is 13.0 Å². The van der Waals surface area contributed by atoms with E-state index >= 15 is 0 Å². The van der Waals surface area contributed by atoms with Gasteiger partial charge in [-0.25, -0.2) is 14.2 Å². The van der Waals surface area contributed by atoms with Crippen molar-refractivity contribution in [3.05, 3.63) is 50.8 Å². The van der Waals surface area contributed by atoms with Gasteiger partial charge in [-0.1, -0.05) is 11.6 Å². The maximum atomic E-state index is 13.5. The Kier molecular flexibility index (Phi) is 4.25. The zero-order valence-electron chi connectivity index (χ0n) is 10.2. The summed E-state index contributed by atoms with van der Waals surface area (Å²) in [5.41, 5.74) is 1.26. The van der Waals surface area contributed by atoms with Gasteiger partial charge in [-0.3, -0.25) is 0 Å². The van der Waals surface area contributed by atoms with Crippen molar-refractivity contribution in [1.29, 1.82) is 0 Å². The van der Waals surface area contributed by atoms with Crippen LogP contribution in [0.15, 0.2) is 28.7 Å². The minimum Gasteiger partial charge on any atom is -0.478 e. The van der Waals surface area contributed by atoms with Crippen molar-refractivity contribution in [3.8, 4) is 0 Å². The molecule has 0 radical (unpaired) electrons. The second-order valence-corrected chi connectivity index (χ2v) is 5.32. The third kappa shape index (κ3) is 3.26. The summed E-state index contributed by atoms with van der Waals surface area (Å²) in [6.07, 6.45) is 0. The Balaban J connectivity index is 2.40. The highest BCUT2D eigenvalue weighted by Gasteiger charge is 2.10. The molecule has 0 saturated carbocycles. The van der Waals surface area contributed by atoms with Gasteiger partial charge in [-0.2, -0.15) is 0 Å². The molecule has 0 unspecified atom stereocenters. The first kappa shape index (κ1) is 14.7. The lowest BCUT2D eigenvalue weighted by Crippen LogP contribution is -2.02. The molecule has 4 nitrogen and oxygen atoms in total. The Labute approximate surface area is 127 Å².